The lowest BCUT2D eigenvalue weighted by molar-refractivity contribution is 0.0540. The largest absolute Gasteiger partial charge is 0.443 e. The van der Waals surface area contributed by atoms with Gasteiger partial charge >= 0.3 is 6.09 Å². The van der Waals surface area contributed by atoms with Crippen LogP contribution in [0, 0.1) is 13.8 Å². The zero-order valence-electron chi connectivity index (χ0n) is 11.4. The van der Waals surface area contributed by atoms with E-state index >= 15 is 0 Å². The lowest BCUT2D eigenvalue weighted by Gasteiger charge is -2.20. The van der Waals surface area contributed by atoms with Crippen molar-refractivity contribution >= 4 is 17.1 Å². The normalized spacial score (nSPS) is 11.8. The number of aryl methyl sites for hydroxylation is 2. The van der Waals surface area contributed by atoms with Crippen LogP contribution in [0.4, 0.5) is 4.79 Å². The zero-order chi connectivity index (χ0) is 13.5. The molecule has 0 saturated carbocycles. The predicted molar refractivity (Wildman–Crippen MR) is 70.8 cm³/mol. The maximum atomic E-state index is 12.1. The molecule has 0 aliphatic rings. The fraction of sp³-hybridized carbons (Fsp3) is 0.429. The predicted octanol–water partition coefficient (Wildman–Crippen LogP) is 3.44. The minimum atomic E-state index is -0.509. The summed E-state index contributed by atoms with van der Waals surface area (Å²) in [5, 5.41) is 0. The van der Waals surface area contributed by atoms with E-state index in [1.807, 2.05) is 45.9 Å². The van der Waals surface area contributed by atoms with Crippen LogP contribution < -0.4 is 0 Å². The maximum absolute atomic E-state index is 12.1. The van der Waals surface area contributed by atoms with Gasteiger partial charge in [0, 0.05) is 0 Å². The summed E-state index contributed by atoms with van der Waals surface area (Å²) in [5.74, 6) is 0.643. The van der Waals surface area contributed by atoms with Gasteiger partial charge < -0.3 is 4.74 Å². The first kappa shape index (κ1) is 12.6. The Morgan fingerprint density at radius 2 is 1.94 bits per heavy atom. The van der Waals surface area contributed by atoms with Crippen molar-refractivity contribution in [1.29, 1.82) is 0 Å². The molecular formula is C14H18N2O2. The van der Waals surface area contributed by atoms with E-state index in [1.165, 1.54) is 4.57 Å². The van der Waals surface area contributed by atoms with E-state index in [9.17, 15) is 4.79 Å². The second-order valence-electron chi connectivity index (χ2n) is 5.47. The van der Waals surface area contributed by atoms with E-state index in [1.54, 1.807) is 6.92 Å². The Hall–Kier alpha value is -1.84. The number of carbonyl (C=O) groups excluding carboxylic acids is 1. The van der Waals surface area contributed by atoms with Gasteiger partial charge in [-0.2, -0.15) is 0 Å². The fourth-order valence-corrected chi connectivity index (χ4v) is 1.85. The number of fused-ring (bicyclic) bond motifs is 1. The van der Waals surface area contributed by atoms with Crippen LogP contribution in [0.2, 0.25) is 0 Å². The monoisotopic (exact) mass is 246 g/mol. The fourth-order valence-electron chi connectivity index (χ4n) is 1.85. The van der Waals surface area contributed by atoms with E-state index in [0.29, 0.717) is 5.82 Å². The Kier molecular flexibility index (Phi) is 2.89. The summed E-state index contributed by atoms with van der Waals surface area (Å²) in [6, 6.07) is 5.82. The summed E-state index contributed by atoms with van der Waals surface area (Å²) >= 11 is 0. The summed E-state index contributed by atoms with van der Waals surface area (Å²) in [5.41, 5.74) is 2.22. The number of carbonyl (C=O) groups is 1. The van der Waals surface area contributed by atoms with Crippen molar-refractivity contribution in [1.82, 2.24) is 9.55 Å². The van der Waals surface area contributed by atoms with Crippen molar-refractivity contribution in [2.75, 3.05) is 0 Å². The molecule has 0 aliphatic carbocycles. The highest BCUT2D eigenvalue weighted by Crippen LogP contribution is 2.19. The molecule has 0 unspecified atom stereocenters. The van der Waals surface area contributed by atoms with Crippen LogP contribution >= 0.6 is 0 Å². The third-order valence-electron chi connectivity index (χ3n) is 2.55. The first-order chi connectivity index (χ1) is 8.28. The molecule has 4 nitrogen and oxygen atoms in total. The Labute approximate surface area is 107 Å². The Bertz CT molecular complexity index is 606. The highest BCUT2D eigenvalue weighted by Gasteiger charge is 2.21. The number of nitrogens with zero attached hydrogens (tertiary/aromatic N) is 2. The first-order valence-electron chi connectivity index (χ1n) is 5.97. The van der Waals surface area contributed by atoms with Crippen molar-refractivity contribution in [3.8, 4) is 0 Å². The molecule has 0 N–H and O–H groups in total. The first-order valence-corrected chi connectivity index (χ1v) is 5.97. The molecule has 96 valence electrons. The average Bonchev–Trinajstić information content (AvgIpc) is 2.50. The third-order valence-corrected chi connectivity index (χ3v) is 2.55. The highest BCUT2D eigenvalue weighted by molar-refractivity contribution is 5.87. The van der Waals surface area contributed by atoms with Gasteiger partial charge in [0.15, 0.2) is 0 Å². The smallest absolute Gasteiger partial charge is 0.420 e. The van der Waals surface area contributed by atoms with E-state index in [0.717, 1.165) is 16.6 Å². The molecule has 2 rings (SSSR count). The number of rotatable bonds is 0. The molecule has 4 heteroatoms. The Morgan fingerprint density at radius 1 is 1.28 bits per heavy atom. The summed E-state index contributed by atoms with van der Waals surface area (Å²) < 4.78 is 6.90. The minimum absolute atomic E-state index is 0.383. The van der Waals surface area contributed by atoms with Crippen molar-refractivity contribution in [3.05, 3.63) is 29.6 Å². The average molecular weight is 246 g/mol. The van der Waals surface area contributed by atoms with E-state index < -0.39 is 5.60 Å². The van der Waals surface area contributed by atoms with E-state index in [2.05, 4.69) is 4.98 Å². The molecule has 0 saturated heterocycles. The Balaban J connectivity index is 2.51. The van der Waals surface area contributed by atoms with Crippen molar-refractivity contribution in [2.45, 2.75) is 40.2 Å². The number of benzene rings is 1. The molecule has 1 aromatic heterocycles. The van der Waals surface area contributed by atoms with Gasteiger partial charge in [-0.15, -0.1) is 0 Å². The lowest BCUT2D eigenvalue weighted by atomic mass is 10.2. The third kappa shape index (κ3) is 2.37. The molecule has 0 spiro atoms. The van der Waals surface area contributed by atoms with Crippen molar-refractivity contribution in [2.24, 2.45) is 0 Å². The van der Waals surface area contributed by atoms with Gasteiger partial charge in [0.1, 0.15) is 11.4 Å². The molecule has 0 fully saturated rings. The second kappa shape index (κ2) is 4.12. The molecule has 0 aliphatic heterocycles. The van der Waals surface area contributed by atoms with Gasteiger partial charge in [0.05, 0.1) is 11.0 Å². The molecule has 2 aromatic rings. The minimum Gasteiger partial charge on any atom is -0.443 e. The molecule has 0 radical (unpaired) electrons. The number of aromatic nitrogens is 2. The van der Waals surface area contributed by atoms with Gasteiger partial charge in [-0.1, -0.05) is 6.07 Å². The van der Waals surface area contributed by atoms with Crippen LogP contribution in [-0.4, -0.2) is 21.2 Å². The quantitative estimate of drug-likeness (QED) is 0.715. The van der Waals surface area contributed by atoms with Crippen molar-refractivity contribution < 1.29 is 9.53 Å². The van der Waals surface area contributed by atoms with Gasteiger partial charge in [-0.3, -0.25) is 0 Å². The molecule has 18 heavy (non-hydrogen) atoms. The molecular weight excluding hydrogens is 228 g/mol. The van der Waals surface area contributed by atoms with Crippen LogP contribution in [0.3, 0.4) is 0 Å². The highest BCUT2D eigenvalue weighted by atomic mass is 16.6. The standard InChI is InChI=1S/C14H18N2O2/c1-9-6-7-12-11(8-9)15-10(2)16(12)13(17)18-14(3,4)5/h6-8H,1-5H3. The summed E-state index contributed by atoms with van der Waals surface area (Å²) in [6.07, 6.45) is -0.383. The molecule has 0 bridgehead atoms. The van der Waals surface area contributed by atoms with Crippen LogP contribution in [0.25, 0.3) is 11.0 Å². The van der Waals surface area contributed by atoms with Gasteiger partial charge in [-0.25, -0.2) is 14.3 Å². The van der Waals surface area contributed by atoms with Crippen LogP contribution in [-0.2, 0) is 4.74 Å². The van der Waals surface area contributed by atoms with Crippen molar-refractivity contribution in [3.63, 3.8) is 0 Å². The number of imidazole rings is 1. The zero-order valence-corrected chi connectivity index (χ0v) is 11.4. The lowest BCUT2D eigenvalue weighted by Crippen LogP contribution is -2.27. The van der Waals surface area contributed by atoms with Crippen LogP contribution in [0.5, 0.6) is 0 Å². The second-order valence-corrected chi connectivity index (χ2v) is 5.47. The summed E-state index contributed by atoms with van der Waals surface area (Å²) in [6.45, 7) is 9.36. The number of hydrogen-bond donors (Lipinski definition) is 0. The van der Waals surface area contributed by atoms with Gasteiger partial charge in [0.25, 0.3) is 0 Å². The topological polar surface area (TPSA) is 44.1 Å². The van der Waals surface area contributed by atoms with Gasteiger partial charge in [-0.05, 0) is 52.3 Å². The number of ether oxygens (including phenoxy) is 1. The van der Waals surface area contributed by atoms with E-state index in [4.69, 9.17) is 4.74 Å². The molecule has 0 atom stereocenters. The SMILES string of the molecule is Cc1ccc2c(c1)nc(C)n2C(=O)OC(C)(C)C. The molecule has 0 amide bonds. The maximum Gasteiger partial charge on any atom is 0.420 e. The number of hydrogen-bond acceptors (Lipinski definition) is 3. The van der Waals surface area contributed by atoms with Crippen LogP contribution in [0.15, 0.2) is 18.2 Å². The van der Waals surface area contributed by atoms with Crippen LogP contribution in [0.1, 0.15) is 32.2 Å². The molecule has 1 heterocycles. The van der Waals surface area contributed by atoms with Gasteiger partial charge in [0.2, 0.25) is 0 Å². The summed E-state index contributed by atoms with van der Waals surface area (Å²) in [7, 11) is 0. The van der Waals surface area contributed by atoms with E-state index in [-0.39, 0.29) is 6.09 Å². The summed E-state index contributed by atoms with van der Waals surface area (Å²) in [4.78, 5) is 16.5. The molecule has 1 aromatic carbocycles. The Morgan fingerprint density at radius 3 is 2.56 bits per heavy atom.